The molecule has 0 spiro atoms. The molecule has 0 rings (SSSR count). The Labute approximate surface area is 163 Å². The third kappa shape index (κ3) is 10.1. The van der Waals surface area contributed by atoms with Crippen molar-refractivity contribution < 1.29 is 29.4 Å². The first-order valence-electron chi connectivity index (χ1n) is 8.48. The smallest absolute Gasteiger partial charge is 0.326 e. The van der Waals surface area contributed by atoms with Crippen LogP contribution in [0, 0.1) is 0 Å². The lowest BCUT2D eigenvalue weighted by Gasteiger charge is -2.22. The largest absolute Gasteiger partial charge is 0.480 e. The van der Waals surface area contributed by atoms with Crippen LogP contribution in [-0.4, -0.2) is 77.0 Å². The summed E-state index contributed by atoms with van der Waals surface area (Å²) in [5.74, 6) is -3.35. The molecule has 27 heavy (non-hydrogen) atoms. The minimum Gasteiger partial charge on any atom is -0.480 e. The minimum atomic E-state index is -1.32. The third-order valence-corrected chi connectivity index (χ3v) is 3.99. The van der Waals surface area contributed by atoms with E-state index in [4.69, 9.17) is 16.6 Å². The first kappa shape index (κ1) is 25.1. The Bertz CT molecular complexity index is 519. The molecule has 12 heteroatoms. The van der Waals surface area contributed by atoms with Crippen LogP contribution in [0.3, 0.4) is 0 Å². The lowest BCUT2D eigenvalue weighted by Crippen LogP contribution is -2.57. The fourth-order valence-electron chi connectivity index (χ4n) is 2.02. The zero-order valence-corrected chi connectivity index (χ0v) is 16.1. The zero-order valence-electron chi connectivity index (χ0n) is 15.2. The maximum Gasteiger partial charge on any atom is 0.326 e. The summed E-state index contributed by atoms with van der Waals surface area (Å²) < 4.78 is 0. The number of nitrogens with two attached hydrogens (primary N) is 2. The van der Waals surface area contributed by atoms with Crippen molar-refractivity contribution in [2.45, 2.75) is 50.4 Å². The highest BCUT2D eigenvalue weighted by Crippen LogP contribution is 2.01. The summed E-state index contributed by atoms with van der Waals surface area (Å²) in [6, 6.07) is -3.38. The van der Waals surface area contributed by atoms with Gasteiger partial charge in [-0.2, -0.15) is 12.6 Å². The van der Waals surface area contributed by atoms with Gasteiger partial charge in [0.15, 0.2) is 0 Å². The van der Waals surface area contributed by atoms with E-state index in [0.717, 1.165) is 0 Å². The Hall–Kier alpha value is -1.89. The molecule has 0 fully saturated rings. The van der Waals surface area contributed by atoms with Gasteiger partial charge in [0.25, 0.3) is 0 Å². The predicted octanol–water partition coefficient (Wildman–Crippen LogP) is -3.08. The molecule has 0 radical (unpaired) electrons. The summed E-state index contributed by atoms with van der Waals surface area (Å²) in [6.07, 6.45) is 0.120. The molecular weight excluding hydrogens is 378 g/mol. The molecule has 4 unspecified atom stereocenters. The van der Waals surface area contributed by atoms with E-state index < -0.39 is 54.5 Å². The third-order valence-electron chi connectivity index (χ3n) is 3.60. The van der Waals surface area contributed by atoms with E-state index in [9.17, 15) is 24.3 Å². The molecule has 0 bridgehead atoms. The lowest BCUT2D eigenvalue weighted by molar-refractivity contribution is -0.142. The average molecular weight is 407 g/mol. The molecule has 0 aromatic heterocycles. The Morgan fingerprint density at radius 1 is 1.11 bits per heavy atom. The molecule has 9 N–H and O–H groups in total. The number of amides is 3. The topological polar surface area (TPSA) is 197 Å². The summed E-state index contributed by atoms with van der Waals surface area (Å²) in [7, 11) is 0. The van der Waals surface area contributed by atoms with E-state index in [-0.39, 0.29) is 12.2 Å². The number of carbonyl (C=O) groups excluding carboxylic acids is 3. The number of carboxylic acids is 1. The van der Waals surface area contributed by atoms with Gasteiger partial charge >= 0.3 is 5.97 Å². The van der Waals surface area contributed by atoms with Gasteiger partial charge in [0.2, 0.25) is 17.7 Å². The van der Waals surface area contributed by atoms with Crippen molar-refractivity contribution in [2.24, 2.45) is 11.5 Å². The Morgan fingerprint density at radius 3 is 2.22 bits per heavy atom. The van der Waals surface area contributed by atoms with Crippen LogP contribution in [-0.2, 0) is 19.2 Å². The van der Waals surface area contributed by atoms with Crippen LogP contribution in [0.1, 0.15) is 26.2 Å². The van der Waals surface area contributed by atoms with E-state index in [2.05, 4.69) is 28.6 Å². The normalized spacial score (nSPS) is 15.1. The van der Waals surface area contributed by atoms with E-state index >= 15 is 0 Å². The van der Waals surface area contributed by atoms with Crippen LogP contribution in [0.4, 0.5) is 0 Å². The molecule has 0 aromatic carbocycles. The molecular formula is C15H29N5O6S. The van der Waals surface area contributed by atoms with Crippen LogP contribution < -0.4 is 27.4 Å². The van der Waals surface area contributed by atoms with Crippen molar-refractivity contribution in [3.8, 4) is 0 Å². The number of carboxylic acid groups (broad SMARTS) is 1. The van der Waals surface area contributed by atoms with Crippen LogP contribution >= 0.6 is 12.6 Å². The molecule has 0 heterocycles. The molecule has 0 aromatic rings. The van der Waals surface area contributed by atoms with Crippen LogP contribution in [0.25, 0.3) is 0 Å². The van der Waals surface area contributed by atoms with Gasteiger partial charge in [-0.3, -0.25) is 14.4 Å². The maximum absolute atomic E-state index is 12.1. The number of nitrogens with one attached hydrogen (secondary N) is 3. The van der Waals surface area contributed by atoms with Crippen molar-refractivity contribution in [2.75, 3.05) is 18.8 Å². The van der Waals surface area contributed by atoms with Gasteiger partial charge in [0.1, 0.15) is 12.1 Å². The highest BCUT2D eigenvalue weighted by Gasteiger charge is 2.28. The molecule has 0 aliphatic carbocycles. The van der Waals surface area contributed by atoms with Crippen LogP contribution in [0.5, 0.6) is 0 Å². The SMILES string of the molecule is CC(O)C(NC(=O)C(N)CS)C(=O)NCC(=O)NC(CCCCN)C(=O)O. The zero-order chi connectivity index (χ0) is 21.0. The number of carbonyl (C=O) groups is 4. The fraction of sp³-hybridized carbons (Fsp3) is 0.733. The Kier molecular flexibility index (Phi) is 12.4. The summed E-state index contributed by atoms with van der Waals surface area (Å²) in [5, 5.41) is 25.6. The van der Waals surface area contributed by atoms with E-state index in [1.165, 1.54) is 6.92 Å². The Balaban J connectivity index is 4.62. The second-order valence-electron chi connectivity index (χ2n) is 5.98. The quantitative estimate of drug-likeness (QED) is 0.116. The van der Waals surface area contributed by atoms with Crippen LogP contribution in [0.2, 0.25) is 0 Å². The second-order valence-corrected chi connectivity index (χ2v) is 6.34. The molecule has 156 valence electrons. The first-order chi connectivity index (χ1) is 12.6. The first-order valence-corrected chi connectivity index (χ1v) is 9.12. The molecule has 0 aliphatic heterocycles. The number of rotatable bonds is 13. The van der Waals surface area contributed by atoms with Gasteiger partial charge in [0, 0.05) is 5.75 Å². The van der Waals surface area contributed by atoms with Gasteiger partial charge in [0.05, 0.1) is 18.7 Å². The molecule has 0 aliphatic rings. The number of thiol groups is 1. The summed E-state index contributed by atoms with van der Waals surface area (Å²) in [5.41, 5.74) is 10.8. The molecule has 4 atom stereocenters. The average Bonchev–Trinajstić information content (AvgIpc) is 2.61. The van der Waals surface area contributed by atoms with Crippen molar-refractivity contribution in [1.29, 1.82) is 0 Å². The predicted molar refractivity (Wildman–Crippen MR) is 101 cm³/mol. The van der Waals surface area contributed by atoms with E-state index in [1.54, 1.807) is 0 Å². The van der Waals surface area contributed by atoms with Gasteiger partial charge in [-0.25, -0.2) is 4.79 Å². The number of aliphatic hydroxyl groups excluding tert-OH is 1. The van der Waals surface area contributed by atoms with Gasteiger partial charge < -0.3 is 37.6 Å². The van der Waals surface area contributed by atoms with Crippen molar-refractivity contribution >= 4 is 36.3 Å². The standard InChI is InChI=1S/C15H29N5O6S/c1-8(21)12(20-13(23)9(17)7-27)14(24)18-6-11(22)19-10(15(25)26)4-2-3-5-16/h8-10,12,21,27H,2-7,16-17H2,1H3,(H,18,24)(H,19,22)(H,20,23)(H,25,26). The van der Waals surface area contributed by atoms with Crippen molar-refractivity contribution in [3.05, 3.63) is 0 Å². The van der Waals surface area contributed by atoms with Gasteiger partial charge in [-0.15, -0.1) is 0 Å². The molecule has 0 saturated heterocycles. The molecule has 11 nitrogen and oxygen atoms in total. The minimum absolute atomic E-state index is 0.0448. The second kappa shape index (κ2) is 13.3. The van der Waals surface area contributed by atoms with Gasteiger partial charge in [-0.05, 0) is 32.7 Å². The highest BCUT2D eigenvalue weighted by molar-refractivity contribution is 7.80. The number of aliphatic hydroxyl groups is 1. The lowest BCUT2D eigenvalue weighted by atomic mass is 10.1. The monoisotopic (exact) mass is 407 g/mol. The molecule has 3 amide bonds. The summed E-state index contributed by atoms with van der Waals surface area (Å²) in [6.45, 7) is 1.19. The Morgan fingerprint density at radius 2 is 1.74 bits per heavy atom. The highest BCUT2D eigenvalue weighted by atomic mass is 32.1. The number of unbranched alkanes of at least 4 members (excludes halogenated alkanes) is 1. The maximum atomic E-state index is 12.1. The summed E-state index contributed by atoms with van der Waals surface area (Å²) >= 11 is 3.87. The van der Waals surface area contributed by atoms with Crippen LogP contribution in [0.15, 0.2) is 0 Å². The summed E-state index contributed by atoms with van der Waals surface area (Å²) in [4.78, 5) is 46.9. The van der Waals surface area contributed by atoms with Crippen molar-refractivity contribution in [3.63, 3.8) is 0 Å². The van der Waals surface area contributed by atoms with E-state index in [0.29, 0.717) is 19.4 Å². The van der Waals surface area contributed by atoms with Crippen molar-refractivity contribution in [1.82, 2.24) is 16.0 Å². The molecule has 0 saturated carbocycles. The number of hydrogen-bond acceptors (Lipinski definition) is 8. The number of hydrogen-bond donors (Lipinski definition) is 8. The van der Waals surface area contributed by atoms with E-state index in [1.807, 2.05) is 0 Å². The van der Waals surface area contributed by atoms with Gasteiger partial charge in [-0.1, -0.05) is 0 Å². The fourth-order valence-corrected chi connectivity index (χ4v) is 2.19. The number of aliphatic carboxylic acids is 1.